The zero-order valence-corrected chi connectivity index (χ0v) is 19.4. The van der Waals surface area contributed by atoms with Gasteiger partial charge in [0.05, 0.1) is 6.07 Å². The molecular formula is C24H33ClN4O2. The first-order valence-electron chi connectivity index (χ1n) is 11.4. The Morgan fingerprint density at radius 3 is 2.68 bits per heavy atom. The lowest BCUT2D eigenvalue weighted by atomic mass is 10.0. The number of halogens is 1. The first kappa shape index (κ1) is 23.6. The zero-order chi connectivity index (χ0) is 22.4. The van der Waals surface area contributed by atoms with Crippen molar-refractivity contribution in [2.75, 3.05) is 25.0 Å². The molecule has 1 aliphatic heterocycles. The minimum atomic E-state index is -0.0979. The molecule has 0 bridgehead atoms. The molecule has 0 unspecified atom stereocenters. The van der Waals surface area contributed by atoms with E-state index in [-0.39, 0.29) is 17.9 Å². The number of nitrogens with one attached hydrogen (secondary N) is 1. The van der Waals surface area contributed by atoms with E-state index in [9.17, 15) is 9.59 Å². The van der Waals surface area contributed by atoms with Gasteiger partial charge in [-0.05, 0) is 56.4 Å². The highest BCUT2D eigenvalue weighted by Gasteiger charge is 2.33. The lowest BCUT2D eigenvalue weighted by Crippen LogP contribution is -2.54. The maximum absolute atomic E-state index is 12.8. The van der Waals surface area contributed by atoms with E-state index in [0.717, 1.165) is 55.8 Å². The van der Waals surface area contributed by atoms with Crippen molar-refractivity contribution >= 4 is 29.1 Å². The molecule has 1 saturated carbocycles. The monoisotopic (exact) mass is 444 g/mol. The fraction of sp³-hybridized carbons (Fsp3) is 0.625. The third-order valence-corrected chi connectivity index (χ3v) is 6.76. The summed E-state index contributed by atoms with van der Waals surface area (Å²) in [5, 5.41) is 12.2. The number of unbranched alkanes of at least 4 members (excludes halogenated alkanes) is 1. The van der Waals surface area contributed by atoms with Crippen LogP contribution in [-0.2, 0) is 16.1 Å². The van der Waals surface area contributed by atoms with Gasteiger partial charge >= 0.3 is 0 Å². The zero-order valence-electron chi connectivity index (χ0n) is 18.6. The molecule has 2 fully saturated rings. The maximum Gasteiger partial charge on any atom is 0.226 e. The highest BCUT2D eigenvalue weighted by Crippen LogP contribution is 2.29. The lowest BCUT2D eigenvalue weighted by molar-refractivity contribution is -0.140. The third-order valence-electron chi connectivity index (χ3n) is 6.54. The second-order valence-corrected chi connectivity index (χ2v) is 9.33. The quantitative estimate of drug-likeness (QED) is 0.628. The highest BCUT2D eigenvalue weighted by atomic mass is 35.5. The van der Waals surface area contributed by atoms with Crippen molar-refractivity contribution in [2.45, 2.75) is 71.4 Å². The van der Waals surface area contributed by atoms with Crippen molar-refractivity contribution in [3.63, 3.8) is 0 Å². The molecule has 6 nitrogen and oxygen atoms in total. The second kappa shape index (κ2) is 11.0. The summed E-state index contributed by atoms with van der Waals surface area (Å²) in [6, 6.07) is 6.00. The van der Waals surface area contributed by atoms with Crippen molar-refractivity contribution in [1.29, 1.82) is 5.26 Å². The number of hydrogen-bond donors (Lipinski definition) is 1. The number of benzene rings is 1. The molecule has 1 aromatic carbocycles. The van der Waals surface area contributed by atoms with Crippen LogP contribution in [0.4, 0.5) is 5.69 Å². The number of carbonyl (C=O) groups excluding carboxylic acids is 2. The van der Waals surface area contributed by atoms with E-state index < -0.39 is 0 Å². The van der Waals surface area contributed by atoms with Crippen LogP contribution in [0.2, 0.25) is 5.02 Å². The van der Waals surface area contributed by atoms with Gasteiger partial charge in [-0.1, -0.05) is 24.4 Å². The third kappa shape index (κ3) is 6.21. The van der Waals surface area contributed by atoms with Crippen LogP contribution in [0.1, 0.15) is 63.0 Å². The Balaban J connectivity index is 1.61. The molecule has 1 saturated heterocycles. The molecular weight excluding hydrogens is 412 g/mol. The van der Waals surface area contributed by atoms with E-state index in [4.69, 9.17) is 16.9 Å². The van der Waals surface area contributed by atoms with Gasteiger partial charge in [0.2, 0.25) is 11.8 Å². The summed E-state index contributed by atoms with van der Waals surface area (Å²) in [5.41, 5.74) is 2.82. The molecule has 7 heteroatoms. The number of piperazine rings is 1. The van der Waals surface area contributed by atoms with Crippen molar-refractivity contribution < 1.29 is 9.59 Å². The lowest BCUT2D eigenvalue weighted by Gasteiger charge is -2.41. The number of carbonyl (C=O) groups is 2. The molecule has 1 aliphatic carbocycles. The van der Waals surface area contributed by atoms with Gasteiger partial charge in [0, 0.05) is 61.7 Å². The smallest absolute Gasteiger partial charge is 0.226 e. The Morgan fingerprint density at radius 2 is 2.00 bits per heavy atom. The molecule has 1 atom stereocenters. The predicted octanol–water partition coefficient (Wildman–Crippen LogP) is 4.50. The SMILES string of the molecule is Cc1c(CN2CCN(C(=O)C3CCCC3)[C@@H](C)C2)cc(Cl)cc1NC(=O)CCCC#N. The molecule has 0 radical (unpaired) electrons. The van der Waals surface area contributed by atoms with Crippen molar-refractivity contribution in [2.24, 2.45) is 5.92 Å². The van der Waals surface area contributed by atoms with Gasteiger partial charge in [-0.25, -0.2) is 0 Å². The number of nitrogens with zero attached hydrogens (tertiary/aromatic N) is 3. The van der Waals surface area contributed by atoms with Crippen LogP contribution in [0.25, 0.3) is 0 Å². The van der Waals surface area contributed by atoms with Crippen LogP contribution < -0.4 is 5.32 Å². The second-order valence-electron chi connectivity index (χ2n) is 8.89. The Labute approximate surface area is 190 Å². The Morgan fingerprint density at radius 1 is 1.26 bits per heavy atom. The van der Waals surface area contributed by atoms with Crippen molar-refractivity contribution in [1.82, 2.24) is 9.80 Å². The summed E-state index contributed by atoms with van der Waals surface area (Å²) in [4.78, 5) is 29.5. The van der Waals surface area contributed by atoms with E-state index in [0.29, 0.717) is 30.2 Å². The predicted molar refractivity (Wildman–Crippen MR) is 123 cm³/mol. The minimum Gasteiger partial charge on any atom is -0.337 e. The average Bonchev–Trinajstić information content (AvgIpc) is 3.26. The standard InChI is InChI=1S/C24H33ClN4O2/c1-17-15-28(11-12-29(17)24(31)19-7-3-4-8-19)16-20-13-21(25)14-22(18(20)2)27-23(30)9-5-6-10-26/h13-14,17,19H,3-9,11-12,15-16H2,1-2H3,(H,27,30)/t17-/m0/s1. The van der Waals surface area contributed by atoms with Crippen molar-refractivity contribution in [3.05, 3.63) is 28.3 Å². The van der Waals surface area contributed by atoms with E-state index in [2.05, 4.69) is 28.1 Å². The van der Waals surface area contributed by atoms with E-state index >= 15 is 0 Å². The molecule has 1 heterocycles. The first-order valence-corrected chi connectivity index (χ1v) is 11.8. The number of nitriles is 1. The van der Waals surface area contributed by atoms with Crippen LogP contribution in [-0.4, -0.2) is 47.3 Å². The van der Waals surface area contributed by atoms with Gasteiger partial charge in [-0.2, -0.15) is 5.26 Å². The van der Waals surface area contributed by atoms with Gasteiger partial charge in [0.1, 0.15) is 0 Å². The molecule has 2 amide bonds. The summed E-state index contributed by atoms with van der Waals surface area (Å²) < 4.78 is 0. The Kier molecular flexibility index (Phi) is 8.34. The summed E-state index contributed by atoms with van der Waals surface area (Å²) in [6.45, 7) is 7.31. The van der Waals surface area contributed by atoms with E-state index in [1.165, 1.54) is 12.8 Å². The topological polar surface area (TPSA) is 76.4 Å². The van der Waals surface area contributed by atoms with Crippen LogP contribution in [0.3, 0.4) is 0 Å². The molecule has 31 heavy (non-hydrogen) atoms. The van der Waals surface area contributed by atoms with Gasteiger partial charge in [-0.3, -0.25) is 14.5 Å². The van der Waals surface area contributed by atoms with E-state index in [1.807, 2.05) is 13.0 Å². The molecule has 0 spiro atoms. The average molecular weight is 445 g/mol. The summed E-state index contributed by atoms with van der Waals surface area (Å²) in [7, 11) is 0. The summed E-state index contributed by atoms with van der Waals surface area (Å²) in [5.74, 6) is 0.465. The number of rotatable bonds is 7. The van der Waals surface area contributed by atoms with Crippen LogP contribution >= 0.6 is 11.6 Å². The van der Waals surface area contributed by atoms with Gasteiger partial charge in [0.25, 0.3) is 0 Å². The number of amides is 2. The van der Waals surface area contributed by atoms with Gasteiger partial charge in [-0.15, -0.1) is 0 Å². The molecule has 0 aromatic heterocycles. The van der Waals surface area contributed by atoms with Crippen molar-refractivity contribution in [3.8, 4) is 6.07 Å². The summed E-state index contributed by atoms with van der Waals surface area (Å²) >= 11 is 6.35. The normalized spacial score (nSPS) is 19.9. The van der Waals surface area contributed by atoms with Gasteiger partial charge < -0.3 is 10.2 Å². The van der Waals surface area contributed by atoms with Crippen LogP contribution in [0, 0.1) is 24.2 Å². The Hall–Kier alpha value is -2.10. The minimum absolute atomic E-state index is 0.0979. The fourth-order valence-electron chi connectivity index (χ4n) is 4.72. The molecule has 168 valence electrons. The van der Waals surface area contributed by atoms with Crippen LogP contribution in [0.5, 0.6) is 0 Å². The summed E-state index contributed by atoms with van der Waals surface area (Å²) in [6.07, 6.45) is 5.68. The number of anilines is 1. The molecule has 1 N–H and O–H groups in total. The Bertz CT molecular complexity index is 845. The molecule has 3 rings (SSSR count). The van der Waals surface area contributed by atoms with Gasteiger partial charge in [0.15, 0.2) is 0 Å². The van der Waals surface area contributed by atoms with E-state index in [1.54, 1.807) is 6.07 Å². The van der Waals surface area contributed by atoms with Crippen LogP contribution in [0.15, 0.2) is 12.1 Å². The molecule has 1 aromatic rings. The molecule has 2 aliphatic rings. The fourth-order valence-corrected chi connectivity index (χ4v) is 4.96. The first-order chi connectivity index (χ1) is 14.9. The largest absolute Gasteiger partial charge is 0.337 e. The number of hydrogen-bond acceptors (Lipinski definition) is 4. The highest BCUT2D eigenvalue weighted by molar-refractivity contribution is 6.31. The maximum atomic E-state index is 12.8.